The monoisotopic (exact) mass is 325 g/mol. The van der Waals surface area contributed by atoms with Crippen molar-refractivity contribution >= 4 is 15.9 Å². The van der Waals surface area contributed by atoms with E-state index in [4.69, 9.17) is 4.74 Å². The van der Waals surface area contributed by atoms with E-state index in [-0.39, 0.29) is 5.54 Å². The van der Waals surface area contributed by atoms with Crippen LogP contribution >= 0.6 is 15.9 Å². The summed E-state index contributed by atoms with van der Waals surface area (Å²) in [6, 6.07) is 4.40. The molecule has 1 aliphatic rings. The molecule has 0 unspecified atom stereocenters. The molecule has 1 aromatic carbocycles. The Morgan fingerprint density at radius 1 is 1.26 bits per heavy atom. The minimum absolute atomic E-state index is 0.222. The van der Waals surface area contributed by atoms with E-state index in [9.17, 15) is 0 Å². The molecule has 2 rings (SSSR count). The molecule has 0 amide bonds. The summed E-state index contributed by atoms with van der Waals surface area (Å²) in [6.45, 7) is 8.55. The molecule has 0 aromatic heterocycles. The van der Waals surface area contributed by atoms with Gasteiger partial charge in [0.2, 0.25) is 0 Å². The van der Waals surface area contributed by atoms with Gasteiger partial charge in [-0.05, 0) is 69.8 Å². The predicted octanol–water partition coefficient (Wildman–Crippen LogP) is 4.09. The van der Waals surface area contributed by atoms with Crippen LogP contribution in [0.25, 0.3) is 0 Å². The molecule has 0 radical (unpaired) electrons. The molecule has 1 N–H and O–H groups in total. The summed E-state index contributed by atoms with van der Waals surface area (Å²) in [4.78, 5) is 0. The average molecular weight is 326 g/mol. The second kappa shape index (κ2) is 6.27. The Kier molecular flexibility index (Phi) is 4.91. The van der Waals surface area contributed by atoms with Gasteiger partial charge in [0.15, 0.2) is 0 Å². The number of fused-ring (bicyclic) bond motifs is 1. The van der Waals surface area contributed by atoms with Gasteiger partial charge >= 0.3 is 0 Å². The number of hydrogen-bond acceptors (Lipinski definition) is 2. The highest BCUT2D eigenvalue weighted by molar-refractivity contribution is 9.10. The van der Waals surface area contributed by atoms with Crippen LogP contribution in [0.2, 0.25) is 0 Å². The number of rotatable bonds is 5. The zero-order chi connectivity index (χ0) is 13.9. The van der Waals surface area contributed by atoms with Gasteiger partial charge in [-0.3, -0.25) is 0 Å². The molecule has 0 fully saturated rings. The smallest absolute Gasteiger partial charge is 0.125 e. The zero-order valence-corrected chi connectivity index (χ0v) is 13.8. The summed E-state index contributed by atoms with van der Waals surface area (Å²) < 4.78 is 6.94. The summed E-state index contributed by atoms with van der Waals surface area (Å²) in [5.41, 5.74) is 2.94. The molecule has 0 bridgehead atoms. The molecule has 0 saturated heterocycles. The molecule has 1 heterocycles. The Morgan fingerprint density at radius 2 is 2.05 bits per heavy atom. The van der Waals surface area contributed by atoms with Gasteiger partial charge in [-0.2, -0.15) is 0 Å². The van der Waals surface area contributed by atoms with Crippen LogP contribution in [-0.4, -0.2) is 18.7 Å². The molecule has 2 nitrogen and oxygen atoms in total. The standard InChI is InChI=1S/C16H24BrNO/c1-16(2,3)18-8-5-4-6-12-10-14(17)11-13-7-9-19-15(12)13/h10-11,18H,4-9H2,1-3H3. The van der Waals surface area contributed by atoms with Gasteiger partial charge in [-0.25, -0.2) is 0 Å². The summed E-state index contributed by atoms with van der Waals surface area (Å²) in [5, 5.41) is 3.53. The van der Waals surface area contributed by atoms with Crippen molar-refractivity contribution in [1.82, 2.24) is 5.32 Å². The molecule has 0 atom stereocenters. The van der Waals surface area contributed by atoms with Crippen molar-refractivity contribution in [3.8, 4) is 5.75 Å². The van der Waals surface area contributed by atoms with E-state index in [1.165, 1.54) is 28.4 Å². The van der Waals surface area contributed by atoms with Gasteiger partial charge < -0.3 is 10.1 Å². The van der Waals surface area contributed by atoms with Gasteiger partial charge in [-0.15, -0.1) is 0 Å². The lowest BCUT2D eigenvalue weighted by atomic mass is 10.0. The van der Waals surface area contributed by atoms with Crippen molar-refractivity contribution in [2.75, 3.05) is 13.2 Å². The van der Waals surface area contributed by atoms with Crippen LogP contribution < -0.4 is 10.1 Å². The number of unbranched alkanes of at least 4 members (excludes halogenated alkanes) is 1. The molecule has 0 saturated carbocycles. The van der Waals surface area contributed by atoms with E-state index in [0.29, 0.717) is 0 Å². The van der Waals surface area contributed by atoms with Crippen LogP contribution in [0.1, 0.15) is 44.7 Å². The maximum atomic E-state index is 5.76. The Morgan fingerprint density at radius 3 is 2.79 bits per heavy atom. The van der Waals surface area contributed by atoms with E-state index in [1.807, 2.05) is 0 Å². The van der Waals surface area contributed by atoms with Crippen molar-refractivity contribution in [3.05, 3.63) is 27.7 Å². The Bertz CT molecular complexity index is 437. The number of aryl methyl sites for hydroxylation is 1. The van der Waals surface area contributed by atoms with Crippen LogP contribution in [0.4, 0.5) is 0 Å². The molecule has 1 aliphatic heterocycles. The number of nitrogens with one attached hydrogen (secondary N) is 1. The first-order valence-corrected chi connectivity index (χ1v) is 7.94. The van der Waals surface area contributed by atoms with Gasteiger partial charge in [0.1, 0.15) is 5.75 Å². The fraction of sp³-hybridized carbons (Fsp3) is 0.625. The van der Waals surface area contributed by atoms with Gasteiger partial charge in [0.05, 0.1) is 6.61 Å². The fourth-order valence-corrected chi connectivity index (χ4v) is 2.99. The summed E-state index contributed by atoms with van der Waals surface area (Å²) in [7, 11) is 0. The first kappa shape index (κ1) is 14.9. The fourth-order valence-electron chi connectivity index (χ4n) is 2.44. The topological polar surface area (TPSA) is 21.3 Å². The molecule has 0 aliphatic carbocycles. The average Bonchev–Trinajstić information content (AvgIpc) is 2.74. The van der Waals surface area contributed by atoms with Crippen LogP contribution in [-0.2, 0) is 12.8 Å². The normalized spacial score (nSPS) is 14.3. The third-order valence-corrected chi connectivity index (χ3v) is 3.81. The molecular weight excluding hydrogens is 302 g/mol. The Labute approximate surface area is 125 Å². The van der Waals surface area contributed by atoms with E-state index >= 15 is 0 Å². The third-order valence-electron chi connectivity index (χ3n) is 3.35. The van der Waals surface area contributed by atoms with Gasteiger partial charge in [-0.1, -0.05) is 15.9 Å². The Balaban J connectivity index is 1.84. The van der Waals surface area contributed by atoms with Gasteiger partial charge in [0.25, 0.3) is 0 Å². The van der Waals surface area contributed by atoms with Crippen molar-refractivity contribution in [2.45, 2.75) is 52.0 Å². The van der Waals surface area contributed by atoms with Crippen molar-refractivity contribution < 1.29 is 4.74 Å². The first-order chi connectivity index (χ1) is 8.96. The highest BCUT2D eigenvalue weighted by Gasteiger charge is 2.17. The highest BCUT2D eigenvalue weighted by Crippen LogP contribution is 2.33. The summed E-state index contributed by atoms with van der Waals surface area (Å²) >= 11 is 3.60. The second-order valence-electron chi connectivity index (χ2n) is 6.29. The lowest BCUT2D eigenvalue weighted by Crippen LogP contribution is -2.36. The quantitative estimate of drug-likeness (QED) is 0.823. The highest BCUT2D eigenvalue weighted by atomic mass is 79.9. The van der Waals surface area contributed by atoms with Crippen LogP contribution in [0, 0.1) is 0 Å². The SMILES string of the molecule is CC(C)(C)NCCCCc1cc(Br)cc2c1OCC2. The van der Waals surface area contributed by atoms with Crippen LogP contribution in [0.3, 0.4) is 0 Å². The molecule has 0 spiro atoms. The number of halogens is 1. The lowest BCUT2D eigenvalue weighted by Gasteiger charge is -2.20. The maximum absolute atomic E-state index is 5.76. The molecule has 3 heteroatoms. The largest absolute Gasteiger partial charge is 0.493 e. The van der Waals surface area contributed by atoms with E-state index in [1.54, 1.807) is 0 Å². The second-order valence-corrected chi connectivity index (χ2v) is 7.20. The van der Waals surface area contributed by atoms with Crippen molar-refractivity contribution in [1.29, 1.82) is 0 Å². The van der Waals surface area contributed by atoms with Crippen molar-refractivity contribution in [3.63, 3.8) is 0 Å². The minimum atomic E-state index is 0.222. The molecule has 1 aromatic rings. The predicted molar refractivity (Wildman–Crippen MR) is 84.0 cm³/mol. The first-order valence-electron chi connectivity index (χ1n) is 7.15. The minimum Gasteiger partial charge on any atom is -0.493 e. The lowest BCUT2D eigenvalue weighted by molar-refractivity contribution is 0.352. The summed E-state index contributed by atoms with van der Waals surface area (Å²) in [6.07, 6.45) is 4.56. The summed E-state index contributed by atoms with van der Waals surface area (Å²) in [5.74, 6) is 1.15. The zero-order valence-electron chi connectivity index (χ0n) is 12.2. The van der Waals surface area contributed by atoms with Crippen LogP contribution in [0.15, 0.2) is 16.6 Å². The maximum Gasteiger partial charge on any atom is 0.125 e. The van der Waals surface area contributed by atoms with E-state index < -0.39 is 0 Å². The van der Waals surface area contributed by atoms with Gasteiger partial charge in [0, 0.05) is 16.4 Å². The van der Waals surface area contributed by atoms with E-state index in [2.05, 4.69) is 54.2 Å². The van der Waals surface area contributed by atoms with E-state index in [0.717, 1.165) is 31.7 Å². The van der Waals surface area contributed by atoms with Crippen LogP contribution in [0.5, 0.6) is 5.75 Å². The molecule has 19 heavy (non-hydrogen) atoms. The number of hydrogen-bond donors (Lipinski definition) is 1. The molecule has 106 valence electrons. The Hall–Kier alpha value is -0.540. The van der Waals surface area contributed by atoms with Crippen molar-refractivity contribution in [2.24, 2.45) is 0 Å². The third kappa shape index (κ3) is 4.50. The number of benzene rings is 1. The molecular formula is C16H24BrNO. The number of ether oxygens (including phenoxy) is 1.